The first-order valence-corrected chi connectivity index (χ1v) is 7.75. The van der Waals surface area contributed by atoms with Gasteiger partial charge < -0.3 is 0 Å². The molecule has 4 atom stereocenters. The highest BCUT2D eigenvalue weighted by Crippen LogP contribution is 2.64. The van der Waals surface area contributed by atoms with Crippen molar-refractivity contribution in [2.24, 2.45) is 17.7 Å². The quantitative estimate of drug-likeness (QED) is 0.671. The predicted molar refractivity (Wildman–Crippen MR) is 83.5 cm³/mol. The molecule has 1 fully saturated rings. The zero-order valence-electron chi connectivity index (χ0n) is 12.3. The molecule has 2 aliphatic carbocycles. The summed E-state index contributed by atoms with van der Waals surface area (Å²) in [6.07, 6.45) is 6.30. The number of benzene rings is 1. The lowest BCUT2D eigenvalue weighted by molar-refractivity contribution is 0.457. The second-order valence-electron chi connectivity index (χ2n) is 6.38. The summed E-state index contributed by atoms with van der Waals surface area (Å²) in [5, 5.41) is 0. The van der Waals surface area contributed by atoms with Crippen LogP contribution in [-0.2, 0) is 6.42 Å². The van der Waals surface area contributed by atoms with Gasteiger partial charge in [0.2, 0.25) is 0 Å². The van der Waals surface area contributed by atoms with Crippen molar-refractivity contribution >= 4 is 0 Å². The highest BCUT2D eigenvalue weighted by Gasteiger charge is 2.56. The molecular weight excluding hydrogens is 258 g/mol. The van der Waals surface area contributed by atoms with E-state index in [0.29, 0.717) is 11.8 Å². The Bertz CT molecular complexity index is 667. The molecule has 4 rings (SSSR count). The number of rotatable bonds is 3. The van der Waals surface area contributed by atoms with E-state index in [1.807, 2.05) is 12.4 Å². The maximum absolute atomic E-state index is 5.91. The predicted octanol–water partition coefficient (Wildman–Crippen LogP) is 2.87. The molecule has 2 aliphatic rings. The van der Waals surface area contributed by atoms with E-state index >= 15 is 0 Å². The molecule has 0 aliphatic heterocycles. The van der Waals surface area contributed by atoms with Gasteiger partial charge in [0, 0.05) is 12.4 Å². The SMILES string of the molecule is Cc1ccncc1C(NN)C1C2CCc3ccccc3C21. The molecule has 1 heterocycles. The molecule has 21 heavy (non-hydrogen) atoms. The van der Waals surface area contributed by atoms with Gasteiger partial charge in [-0.25, -0.2) is 0 Å². The van der Waals surface area contributed by atoms with E-state index in [0.717, 1.165) is 5.92 Å². The van der Waals surface area contributed by atoms with Gasteiger partial charge in [-0.1, -0.05) is 24.3 Å². The van der Waals surface area contributed by atoms with Gasteiger partial charge in [0.05, 0.1) is 6.04 Å². The average Bonchev–Trinajstić information content (AvgIpc) is 3.25. The zero-order chi connectivity index (χ0) is 14.4. The summed E-state index contributed by atoms with van der Waals surface area (Å²) in [5.41, 5.74) is 8.65. The molecule has 3 nitrogen and oxygen atoms in total. The summed E-state index contributed by atoms with van der Waals surface area (Å²) < 4.78 is 0. The zero-order valence-corrected chi connectivity index (χ0v) is 12.3. The number of nitrogens with zero attached hydrogens (tertiary/aromatic N) is 1. The first kappa shape index (κ1) is 13.0. The first-order valence-electron chi connectivity index (χ1n) is 7.75. The Morgan fingerprint density at radius 2 is 2.14 bits per heavy atom. The van der Waals surface area contributed by atoms with Crippen molar-refractivity contribution in [1.29, 1.82) is 0 Å². The Hall–Kier alpha value is -1.71. The summed E-state index contributed by atoms with van der Waals surface area (Å²) in [6.45, 7) is 2.14. The fourth-order valence-electron chi connectivity index (χ4n) is 4.28. The Morgan fingerprint density at radius 3 is 2.95 bits per heavy atom. The number of hydrogen-bond donors (Lipinski definition) is 2. The maximum atomic E-state index is 5.91. The Kier molecular flexibility index (Phi) is 3.05. The molecule has 3 N–H and O–H groups in total. The molecule has 0 spiro atoms. The number of hydrazine groups is 1. The molecule has 0 radical (unpaired) electrons. The summed E-state index contributed by atoms with van der Waals surface area (Å²) in [5.74, 6) is 7.94. The van der Waals surface area contributed by atoms with Crippen LogP contribution in [0.4, 0.5) is 0 Å². The third-order valence-electron chi connectivity index (χ3n) is 5.37. The Balaban J connectivity index is 1.68. The van der Waals surface area contributed by atoms with Crippen LogP contribution >= 0.6 is 0 Å². The second kappa shape index (κ2) is 4.93. The molecule has 1 aromatic heterocycles. The summed E-state index contributed by atoms with van der Waals surface area (Å²) in [4.78, 5) is 4.29. The van der Waals surface area contributed by atoms with E-state index in [4.69, 9.17) is 5.84 Å². The molecule has 1 saturated carbocycles. The van der Waals surface area contributed by atoms with Crippen LogP contribution in [0, 0.1) is 18.8 Å². The summed E-state index contributed by atoms with van der Waals surface area (Å²) in [6, 6.07) is 11.2. The number of nitrogens with two attached hydrogens (primary N) is 1. The lowest BCUT2D eigenvalue weighted by atomic mass is 9.92. The van der Waals surface area contributed by atoms with Crippen LogP contribution in [0.2, 0.25) is 0 Å². The van der Waals surface area contributed by atoms with Gasteiger partial charge in [-0.05, 0) is 65.8 Å². The lowest BCUT2D eigenvalue weighted by Gasteiger charge is -2.18. The van der Waals surface area contributed by atoms with Crippen LogP contribution in [0.25, 0.3) is 0 Å². The highest BCUT2D eigenvalue weighted by molar-refractivity contribution is 5.41. The van der Waals surface area contributed by atoms with E-state index in [-0.39, 0.29) is 6.04 Å². The average molecular weight is 279 g/mol. The van der Waals surface area contributed by atoms with Gasteiger partial charge in [0.25, 0.3) is 0 Å². The number of nitrogens with one attached hydrogen (secondary N) is 1. The molecule has 1 aromatic carbocycles. The van der Waals surface area contributed by atoms with E-state index in [1.165, 1.54) is 29.5 Å². The number of aromatic nitrogens is 1. The van der Waals surface area contributed by atoms with Crippen LogP contribution in [-0.4, -0.2) is 4.98 Å². The molecule has 0 saturated heterocycles. The van der Waals surface area contributed by atoms with E-state index in [9.17, 15) is 0 Å². The van der Waals surface area contributed by atoms with Crippen molar-refractivity contribution in [3.63, 3.8) is 0 Å². The van der Waals surface area contributed by atoms with Crippen molar-refractivity contribution < 1.29 is 0 Å². The van der Waals surface area contributed by atoms with Crippen molar-refractivity contribution in [2.45, 2.75) is 31.7 Å². The fraction of sp³-hybridized carbons (Fsp3) is 0.389. The normalized spacial score (nSPS) is 27.6. The van der Waals surface area contributed by atoms with Gasteiger partial charge in [-0.3, -0.25) is 16.3 Å². The molecule has 3 heteroatoms. The number of hydrogen-bond acceptors (Lipinski definition) is 3. The van der Waals surface area contributed by atoms with E-state index in [1.54, 1.807) is 5.56 Å². The van der Waals surface area contributed by atoms with Crippen LogP contribution in [0.5, 0.6) is 0 Å². The minimum Gasteiger partial charge on any atom is -0.271 e. The topological polar surface area (TPSA) is 50.9 Å². The van der Waals surface area contributed by atoms with Crippen LogP contribution < -0.4 is 11.3 Å². The monoisotopic (exact) mass is 279 g/mol. The largest absolute Gasteiger partial charge is 0.271 e. The lowest BCUT2D eigenvalue weighted by Crippen LogP contribution is -2.31. The molecule has 0 amide bonds. The molecule has 4 unspecified atom stereocenters. The number of fused-ring (bicyclic) bond motifs is 3. The fourth-order valence-corrected chi connectivity index (χ4v) is 4.28. The van der Waals surface area contributed by atoms with Gasteiger partial charge in [0.1, 0.15) is 0 Å². The standard InChI is InChI=1S/C18H21N3/c1-11-8-9-20-10-15(11)18(21-19)17-14-7-6-12-4-2-3-5-13(12)16(14)17/h2-5,8-10,14,16-18,21H,6-7,19H2,1H3. The molecule has 108 valence electrons. The van der Waals surface area contributed by atoms with Gasteiger partial charge in [-0.15, -0.1) is 0 Å². The molecule has 0 bridgehead atoms. The highest BCUT2D eigenvalue weighted by atomic mass is 15.2. The van der Waals surface area contributed by atoms with Crippen LogP contribution in [0.1, 0.15) is 40.6 Å². The maximum Gasteiger partial charge on any atom is 0.0514 e. The Labute approximate surface area is 125 Å². The minimum atomic E-state index is 0.208. The van der Waals surface area contributed by atoms with Gasteiger partial charge >= 0.3 is 0 Å². The molecule has 2 aromatic rings. The summed E-state index contributed by atoms with van der Waals surface area (Å²) >= 11 is 0. The van der Waals surface area contributed by atoms with E-state index < -0.39 is 0 Å². The third-order valence-corrected chi connectivity index (χ3v) is 5.37. The van der Waals surface area contributed by atoms with Crippen LogP contribution in [0.15, 0.2) is 42.7 Å². The smallest absolute Gasteiger partial charge is 0.0514 e. The van der Waals surface area contributed by atoms with Crippen molar-refractivity contribution in [1.82, 2.24) is 10.4 Å². The summed E-state index contributed by atoms with van der Waals surface area (Å²) in [7, 11) is 0. The third kappa shape index (κ3) is 2.00. The van der Waals surface area contributed by atoms with Gasteiger partial charge in [-0.2, -0.15) is 0 Å². The van der Waals surface area contributed by atoms with Crippen molar-refractivity contribution in [3.8, 4) is 0 Å². The Morgan fingerprint density at radius 1 is 1.29 bits per heavy atom. The minimum absolute atomic E-state index is 0.208. The number of aryl methyl sites for hydroxylation is 2. The second-order valence-corrected chi connectivity index (χ2v) is 6.38. The van der Waals surface area contributed by atoms with Gasteiger partial charge in [0.15, 0.2) is 0 Å². The first-order chi connectivity index (χ1) is 10.3. The van der Waals surface area contributed by atoms with Crippen molar-refractivity contribution in [3.05, 3.63) is 65.0 Å². The van der Waals surface area contributed by atoms with Crippen LogP contribution in [0.3, 0.4) is 0 Å². The van der Waals surface area contributed by atoms with Crippen molar-refractivity contribution in [2.75, 3.05) is 0 Å². The van der Waals surface area contributed by atoms with E-state index in [2.05, 4.69) is 47.7 Å². The number of pyridine rings is 1. The molecular formula is C18H21N3.